The highest BCUT2D eigenvalue weighted by Gasteiger charge is 2.04. The van der Waals surface area contributed by atoms with E-state index in [0.717, 1.165) is 24.2 Å². The van der Waals surface area contributed by atoms with Crippen molar-refractivity contribution < 1.29 is 0 Å². The zero-order valence-electron chi connectivity index (χ0n) is 9.53. The Morgan fingerprint density at radius 1 is 1.25 bits per heavy atom. The van der Waals surface area contributed by atoms with Crippen LogP contribution in [0, 0.1) is 6.92 Å². The van der Waals surface area contributed by atoms with Crippen LogP contribution in [0.1, 0.15) is 22.5 Å². The molecule has 84 valence electrons. The van der Waals surface area contributed by atoms with Crippen molar-refractivity contribution in [2.24, 2.45) is 5.73 Å². The smallest absolute Gasteiger partial charge is 0.0925 e. The fraction of sp³-hybridized carbons (Fsp3) is 0.308. The monoisotopic (exact) mass is 215 g/mol. The van der Waals surface area contributed by atoms with Crippen LogP contribution in [0.2, 0.25) is 0 Å². The first-order chi connectivity index (χ1) is 7.81. The second-order valence-corrected chi connectivity index (χ2v) is 3.96. The Morgan fingerprint density at radius 2 is 2.06 bits per heavy atom. The first-order valence-electron chi connectivity index (χ1n) is 5.57. The first kappa shape index (κ1) is 10.9. The molecule has 0 atom stereocenters. The molecule has 0 bridgehead atoms. The largest absolute Gasteiger partial charge is 0.347 e. The van der Waals surface area contributed by atoms with Gasteiger partial charge in [-0.1, -0.05) is 24.3 Å². The first-order valence-corrected chi connectivity index (χ1v) is 5.57. The fourth-order valence-corrected chi connectivity index (χ4v) is 1.89. The van der Waals surface area contributed by atoms with Gasteiger partial charge in [0.1, 0.15) is 0 Å². The molecular formula is C13H17N3. The maximum absolute atomic E-state index is 5.62. The average molecular weight is 215 g/mol. The van der Waals surface area contributed by atoms with Crippen LogP contribution in [0.4, 0.5) is 0 Å². The van der Waals surface area contributed by atoms with Gasteiger partial charge in [0.05, 0.1) is 17.7 Å². The van der Waals surface area contributed by atoms with E-state index in [1.165, 1.54) is 11.1 Å². The summed E-state index contributed by atoms with van der Waals surface area (Å²) in [6.07, 6.45) is 3.68. The van der Waals surface area contributed by atoms with Crippen molar-refractivity contribution >= 4 is 0 Å². The number of aromatic amines is 1. The highest BCUT2D eigenvalue weighted by Crippen LogP contribution is 2.11. The average Bonchev–Trinajstić information content (AvgIpc) is 2.75. The van der Waals surface area contributed by atoms with Gasteiger partial charge >= 0.3 is 0 Å². The van der Waals surface area contributed by atoms with Crippen LogP contribution in [0.3, 0.4) is 0 Å². The fourth-order valence-electron chi connectivity index (χ4n) is 1.89. The summed E-state index contributed by atoms with van der Waals surface area (Å²) in [4.78, 5) is 7.37. The Hall–Kier alpha value is -1.61. The van der Waals surface area contributed by atoms with Gasteiger partial charge in [0.25, 0.3) is 0 Å². The molecule has 3 N–H and O–H groups in total. The predicted octanol–water partition coefficient (Wildman–Crippen LogP) is 1.96. The molecule has 0 radical (unpaired) electrons. The van der Waals surface area contributed by atoms with E-state index in [4.69, 9.17) is 5.73 Å². The Labute approximate surface area is 95.7 Å². The van der Waals surface area contributed by atoms with Crippen molar-refractivity contribution in [1.29, 1.82) is 0 Å². The Morgan fingerprint density at radius 3 is 2.81 bits per heavy atom. The maximum atomic E-state index is 5.62. The lowest BCUT2D eigenvalue weighted by atomic mass is 10.0. The van der Waals surface area contributed by atoms with Gasteiger partial charge in [-0.05, 0) is 30.9 Å². The molecule has 16 heavy (non-hydrogen) atoms. The van der Waals surface area contributed by atoms with E-state index in [-0.39, 0.29) is 0 Å². The van der Waals surface area contributed by atoms with E-state index in [9.17, 15) is 0 Å². The number of benzene rings is 1. The van der Waals surface area contributed by atoms with E-state index >= 15 is 0 Å². The lowest BCUT2D eigenvalue weighted by Crippen LogP contribution is -2.03. The summed E-state index contributed by atoms with van der Waals surface area (Å²) in [7, 11) is 0. The number of nitrogens with two attached hydrogens (primary N) is 1. The van der Waals surface area contributed by atoms with Crippen molar-refractivity contribution in [3.05, 3.63) is 53.1 Å². The van der Waals surface area contributed by atoms with Crippen molar-refractivity contribution in [2.45, 2.75) is 26.3 Å². The SMILES string of the molecule is Cc1ccccc1CCc1nc[nH]c1CN. The molecule has 0 saturated heterocycles. The number of hydrogen-bond acceptors (Lipinski definition) is 2. The molecule has 3 nitrogen and oxygen atoms in total. The third-order valence-electron chi connectivity index (χ3n) is 2.90. The molecule has 0 fully saturated rings. The van der Waals surface area contributed by atoms with Gasteiger partial charge in [-0.15, -0.1) is 0 Å². The lowest BCUT2D eigenvalue weighted by molar-refractivity contribution is 0.880. The minimum atomic E-state index is 0.531. The quantitative estimate of drug-likeness (QED) is 0.819. The number of aromatic nitrogens is 2. The minimum Gasteiger partial charge on any atom is -0.347 e. The van der Waals surface area contributed by atoms with Gasteiger partial charge in [0, 0.05) is 6.54 Å². The standard InChI is InChI=1S/C13H17N3/c1-10-4-2-3-5-11(10)6-7-12-13(8-14)16-9-15-12/h2-5,9H,6-8,14H2,1H3,(H,15,16). The number of nitrogens with zero attached hydrogens (tertiary/aromatic N) is 1. The molecule has 0 saturated carbocycles. The second-order valence-electron chi connectivity index (χ2n) is 3.96. The Kier molecular flexibility index (Phi) is 3.37. The molecule has 0 aliphatic heterocycles. The number of rotatable bonds is 4. The van der Waals surface area contributed by atoms with Gasteiger partial charge in [0.2, 0.25) is 0 Å². The van der Waals surface area contributed by atoms with Crippen LogP contribution < -0.4 is 5.73 Å². The van der Waals surface area contributed by atoms with Crippen LogP contribution in [0.5, 0.6) is 0 Å². The minimum absolute atomic E-state index is 0.531. The third-order valence-corrected chi connectivity index (χ3v) is 2.90. The molecule has 2 aromatic rings. The Balaban J connectivity index is 2.05. The van der Waals surface area contributed by atoms with E-state index in [0.29, 0.717) is 6.54 Å². The normalized spacial score (nSPS) is 10.6. The van der Waals surface area contributed by atoms with Crippen LogP contribution in [-0.2, 0) is 19.4 Å². The molecule has 0 aliphatic carbocycles. The molecule has 3 heteroatoms. The number of hydrogen-bond donors (Lipinski definition) is 2. The summed E-state index contributed by atoms with van der Waals surface area (Å²) in [5, 5.41) is 0. The zero-order valence-corrected chi connectivity index (χ0v) is 9.53. The molecule has 0 unspecified atom stereocenters. The van der Waals surface area contributed by atoms with Crippen LogP contribution >= 0.6 is 0 Å². The molecule has 1 aromatic carbocycles. The van der Waals surface area contributed by atoms with Crippen molar-refractivity contribution in [3.8, 4) is 0 Å². The van der Waals surface area contributed by atoms with Crippen LogP contribution in [-0.4, -0.2) is 9.97 Å². The number of H-pyrrole nitrogens is 1. The summed E-state index contributed by atoms with van der Waals surface area (Å²) in [5.41, 5.74) is 10.5. The molecule has 1 heterocycles. The molecule has 0 aliphatic rings. The summed E-state index contributed by atoms with van der Waals surface area (Å²) < 4.78 is 0. The van der Waals surface area contributed by atoms with Crippen LogP contribution in [0.15, 0.2) is 30.6 Å². The van der Waals surface area contributed by atoms with E-state index < -0.39 is 0 Å². The van der Waals surface area contributed by atoms with Crippen LogP contribution in [0.25, 0.3) is 0 Å². The second kappa shape index (κ2) is 4.94. The maximum Gasteiger partial charge on any atom is 0.0925 e. The topological polar surface area (TPSA) is 54.7 Å². The van der Waals surface area contributed by atoms with Gasteiger partial charge in [-0.3, -0.25) is 0 Å². The number of aryl methyl sites for hydroxylation is 3. The lowest BCUT2D eigenvalue weighted by Gasteiger charge is -2.04. The Bertz CT molecular complexity index is 460. The van der Waals surface area contributed by atoms with Gasteiger partial charge in [-0.25, -0.2) is 4.98 Å². The summed E-state index contributed by atoms with van der Waals surface area (Å²) >= 11 is 0. The zero-order chi connectivity index (χ0) is 11.4. The predicted molar refractivity (Wildman–Crippen MR) is 65.1 cm³/mol. The van der Waals surface area contributed by atoms with Gasteiger partial charge in [0.15, 0.2) is 0 Å². The number of imidazole rings is 1. The summed E-state index contributed by atoms with van der Waals surface area (Å²) in [5.74, 6) is 0. The molecule has 0 amide bonds. The molecule has 1 aromatic heterocycles. The highest BCUT2D eigenvalue weighted by atomic mass is 14.9. The van der Waals surface area contributed by atoms with E-state index in [1.807, 2.05) is 0 Å². The summed E-state index contributed by atoms with van der Waals surface area (Å²) in [6.45, 7) is 2.67. The molecular weight excluding hydrogens is 198 g/mol. The highest BCUT2D eigenvalue weighted by molar-refractivity contribution is 5.26. The van der Waals surface area contributed by atoms with E-state index in [1.54, 1.807) is 6.33 Å². The number of nitrogens with one attached hydrogen (secondary N) is 1. The van der Waals surface area contributed by atoms with Crippen molar-refractivity contribution in [3.63, 3.8) is 0 Å². The summed E-state index contributed by atoms with van der Waals surface area (Å²) in [6, 6.07) is 8.46. The third kappa shape index (κ3) is 2.31. The van der Waals surface area contributed by atoms with Gasteiger partial charge in [-0.2, -0.15) is 0 Å². The molecule has 2 rings (SSSR count). The van der Waals surface area contributed by atoms with E-state index in [2.05, 4.69) is 41.2 Å². The van der Waals surface area contributed by atoms with Crippen molar-refractivity contribution in [1.82, 2.24) is 9.97 Å². The van der Waals surface area contributed by atoms with Gasteiger partial charge < -0.3 is 10.7 Å². The molecule has 0 spiro atoms. The van der Waals surface area contributed by atoms with Crippen molar-refractivity contribution in [2.75, 3.05) is 0 Å².